The van der Waals surface area contributed by atoms with Gasteiger partial charge in [0, 0.05) is 7.05 Å². The molecule has 0 heterocycles. The lowest BCUT2D eigenvalue weighted by Crippen LogP contribution is -2.25. The van der Waals surface area contributed by atoms with E-state index in [9.17, 15) is 4.79 Å². The molecule has 2 amide bonds. The molecule has 0 saturated carbocycles. The summed E-state index contributed by atoms with van der Waals surface area (Å²) < 4.78 is 6.02. The molecule has 5 nitrogen and oxygen atoms in total. The first kappa shape index (κ1) is 28.3. The molecule has 3 aromatic carbocycles. The van der Waals surface area contributed by atoms with Crippen LogP contribution in [0.3, 0.4) is 0 Å². The van der Waals surface area contributed by atoms with E-state index in [-0.39, 0.29) is 6.03 Å². The van der Waals surface area contributed by atoms with Crippen LogP contribution in [0.1, 0.15) is 60.9 Å². The van der Waals surface area contributed by atoms with Gasteiger partial charge in [0.1, 0.15) is 12.4 Å². The van der Waals surface area contributed by atoms with Crippen LogP contribution in [0, 0.1) is 0 Å². The summed E-state index contributed by atoms with van der Waals surface area (Å²) in [6.45, 7) is 6.78. The Hall–Kier alpha value is -3.31. The van der Waals surface area contributed by atoms with Crippen LogP contribution in [0.2, 0.25) is 0 Å². The molecule has 3 N–H and O–H groups in total. The number of aryl methyl sites for hydroxylation is 2. The summed E-state index contributed by atoms with van der Waals surface area (Å²) in [5.41, 5.74) is 7.36. The summed E-state index contributed by atoms with van der Waals surface area (Å²) in [5, 5.41) is 9.12. The van der Waals surface area contributed by atoms with Gasteiger partial charge in [0.05, 0.1) is 5.69 Å². The average Bonchev–Trinajstić information content (AvgIpc) is 2.92. The van der Waals surface area contributed by atoms with Crippen molar-refractivity contribution in [2.45, 2.75) is 65.4 Å². The second kappa shape index (κ2) is 15.7. The zero-order valence-electron chi connectivity index (χ0n) is 22.7. The number of hydrogen-bond acceptors (Lipinski definition) is 3. The van der Waals surface area contributed by atoms with Gasteiger partial charge < -0.3 is 20.7 Å². The summed E-state index contributed by atoms with van der Waals surface area (Å²) >= 11 is 0. The van der Waals surface area contributed by atoms with Crippen molar-refractivity contribution >= 4 is 11.7 Å². The van der Waals surface area contributed by atoms with Crippen LogP contribution >= 0.6 is 0 Å². The number of rotatable bonds is 15. The van der Waals surface area contributed by atoms with Gasteiger partial charge in [-0.3, -0.25) is 0 Å². The van der Waals surface area contributed by atoms with E-state index in [1.165, 1.54) is 42.4 Å². The minimum atomic E-state index is -0.261. The molecule has 0 bridgehead atoms. The molecule has 5 heteroatoms. The van der Waals surface area contributed by atoms with Gasteiger partial charge >= 0.3 is 6.03 Å². The Morgan fingerprint density at radius 1 is 0.757 bits per heavy atom. The lowest BCUT2D eigenvalue weighted by atomic mass is 9.96. The standard InChI is InChI=1S/C32H43N3O2/c1-4-6-11-25-14-16-28(29(22-25)10-5-2)19-21-34-20-18-26-15-17-31(30(23-26)35-32(36)33-3)37-24-27-12-8-7-9-13-27/h7-9,12-17,22-23,34H,4-6,10-11,18-21,24H2,1-3H3,(H2,33,35,36). The number of benzene rings is 3. The predicted octanol–water partition coefficient (Wildman–Crippen LogP) is 6.69. The van der Waals surface area contributed by atoms with E-state index in [2.05, 4.69) is 54.1 Å². The second-order valence-corrected chi connectivity index (χ2v) is 9.52. The van der Waals surface area contributed by atoms with Gasteiger partial charge in [-0.05, 0) is 85.1 Å². The highest BCUT2D eigenvalue weighted by Crippen LogP contribution is 2.27. The van der Waals surface area contributed by atoms with Gasteiger partial charge in [-0.15, -0.1) is 0 Å². The monoisotopic (exact) mass is 501 g/mol. The summed E-state index contributed by atoms with van der Waals surface area (Å²) in [6.07, 6.45) is 7.91. The average molecular weight is 502 g/mol. The van der Waals surface area contributed by atoms with Crippen LogP contribution in [-0.4, -0.2) is 26.2 Å². The predicted molar refractivity (Wildman–Crippen MR) is 155 cm³/mol. The summed E-state index contributed by atoms with van der Waals surface area (Å²) in [6, 6.07) is 22.9. The first-order valence-electron chi connectivity index (χ1n) is 13.7. The van der Waals surface area contributed by atoms with Crippen molar-refractivity contribution in [3.05, 3.63) is 94.5 Å². The Kier molecular flexibility index (Phi) is 12.0. The Morgan fingerprint density at radius 3 is 2.27 bits per heavy atom. The van der Waals surface area contributed by atoms with Crippen molar-refractivity contribution in [2.75, 3.05) is 25.5 Å². The summed E-state index contributed by atoms with van der Waals surface area (Å²) in [4.78, 5) is 12.0. The van der Waals surface area contributed by atoms with E-state index in [0.717, 1.165) is 43.5 Å². The number of ether oxygens (including phenoxy) is 1. The van der Waals surface area contributed by atoms with Crippen LogP contribution in [-0.2, 0) is 32.3 Å². The van der Waals surface area contributed by atoms with Gasteiger partial charge in [-0.1, -0.05) is 81.3 Å². The zero-order chi connectivity index (χ0) is 26.3. The normalized spacial score (nSPS) is 10.8. The molecule has 0 aromatic heterocycles. The minimum absolute atomic E-state index is 0.261. The fourth-order valence-corrected chi connectivity index (χ4v) is 4.42. The van der Waals surface area contributed by atoms with Crippen molar-refractivity contribution < 1.29 is 9.53 Å². The van der Waals surface area contributed by atoms with Gasteiger partial charge in [-0.25, -0.2) is 4.79 Å². The quantitative estimate of drug-likeness (QED) is 0.203. The van der Waals surface area contributed by atoms with Crippen molar-refractivity contribution in [1.29, 1.82) is 0 Å². The molecule has 0 unspecified atom stereocenters. The smallest absolute Gasteiger partial charge is 0.319 e. The Bertz CT molecular complexity index is 1100. The molecule has 0 aliphatic rings. The number of carbonyl (C=O) groups excluding carboxylic acids is 1. The van der Waals surface area contributed by atoms with Crippen molar-refractivity contribution in [3.8, 4) is 5.75 Å². The van der Waals surface area contributed by atoms with Crippen LogP contribution in [0.15, 0.2) is 66.7 Å². The maximum absolute atomic E-state index is 12.0. The van der Waals surface area contributed by atoms with E-state index in [0.29, 0.717) is 18.0 Å². The molecule has 0 radical (unpaired) electrons. The highest BCUT2D eigenvalue weighted by atomic mass is 16.5. The maximum Gasteiger partial charge on any atom is 0.319 e. The van der Waals surface area contributed by atoms with Crippen LogP contribution in [0.5, 0.6) is 5.75 Å². The van der Waals surface area contributed by atoms with Gasteiger partial charge in [0.15, 0.2) is 0 Å². The molecule has 37 heavy (non-hydrogen) atoms. The van der Waals surface area contributed by atoms with E-state index in [1.807, 2.05) is 42.5 Å². The second-order valence-electron chi connectivity index (χ2n) is 9.52. The SMILES string of the molecule is CCCCc1ccc(CCNCCc2ccc(OCc3ccccc3)c(NC(=O)NC)c2)c(CCC)c1. The molecule has 3 aromatic rings. The summed E-state index contributed by atoms with van der Waals surface area (Å²) in [7, 11) is 1.61. The van der Waals surface area contributed by atoms with Crippen LogP contribution in [0.4, 0.5) is 10.5 Å². The Balaban J connectivity index is 1.53. The number of amides is 2. The molecule has 0 fully saturated rings. The molecule has 0 aliphatic carbocycles. The van der Waals surface area contributed by atoms with Crippen molar-refractivity contribution in [1.82, 2.24) is 10.6 Å². The van der Waals surface area contributed by atoms with Gasteiger partial charge in [0.25, 0.3) is 0 Å². The van der Waals surface area contributed by atoms with E-state index in [1.54, 1.807) is 7.05 Å². The molecule has 3 rings (SSSR count). The van der Waals surface area contributed by atoms with Crippen molar-refractivity contribution in [2.24, 2.45) is 0 Å². The van der Waals surface area contributed by atoms with E-state index < -0.39 is 0 Å². The number of nitrogens with one attached hydrogen (secondary N) is 3. The molecule has 0 spiro atoms. The Morgan fingerprint density at radius 2 is 1.51 bits per heavy atom. The number of hydrogen-bond donors (Lipinski definition) is 3. The van der Waals surface area contributed by atoms with Crippen LogP contribution < -0.4 is 20.7 Å². The minimum Gasteiger partial charge on any atom is -0.487 e. The van der Waals surface area contributed by atoms with Gasteiger partial charge in [-0.2, -0.15) is 0 Å². The third-order valence-corrected chi connectivity index (χ3v) is 6.53. The molecular formula is C32H43N3O2. The molecule has 198 valence electrons. The number of anilines is 1. The first-order valence-corrected chi connectivity index (χ1v) is 13.7. The highest BCUT2D eigenvalue weighted by molar-refractivity contribution is 5.90. The van der Waals surface area contributed by atoms with E-state index >= 15 is 0 Å². The third-order valence-electron chi connectivity index (χ3n) is 6.53. The Labute approximate surface area is 223 Å². The number of carbonyl (C=O) groups is 1. The highest BCUT2D eigenvalue weighted by Gasteiger charge is 2.09. The van der Waals surface area contributed by atoms with E-state index in [4.69, 9.17) is 4.74 Å². The number of unbranched alkanes of at least 4 members (excludes halogenated alkanes) is 1. The molecular weight excluding hydrogens is 458 g/mol. The fourth-order valence-electron chi connectivity index (χ4n) is 4.42. The largest absolute Gasteiger partial charge is 0.487 e. The lowest BCUT2D eigenvalue weighted by molar-refractivity contribution is 0.253. The first-order chi connectivity index (χ1) is 18.1. The molecule has 0 aliphatic heterocycles. The van der Waals surface area contributed by atoms with Crippen molar-refractivity contribution in [3.63, 3.8) is 0 Å². The third kappa shape index (κ3) is 9.58. The maximum atomic E-state index is 12.0. The fraction of sp³-hybridized carbons (Fsp3) is 0.406. The lowest BCUT2D eigenvalue weighted by Gasteiger charge is -2.15. The zero-order valence-corrected chi connectivity index (χ0v) is 22.7. The molecule has 0 saturated heterocycles. The molecule has 0 atom stereocenters. The topological polar surface area (TPSA) is 62.4 Å². The summed E-state index contributed by atoms with van der Waals surface area (Å²) in [5.74, 6) is 0.662. The van der Waals surface area contributed by atoms with Crippen LogP contribution in [0.25, 0.3) is 0 Å². The number of urea groups is 1. The van der Waals surface area contributed by atoms with Gasteiger partial charge in [0.2, 0.25) is 0 Å².